The summed E-state index contributed by atoms with van der Waals surface area (Å²) < 4.78 is 13.7. The fourth-order valence-corrected chi connectivity index (χ4v) is 7.75. The lowest BCUT2D eigenvalue weighted by Crippen LogP contribution is -2.51. The van der Waals surface area contributed by atoms with E-state index in [0.29, 0.717) is 37.8 Å². The van der Waals surface area contributed by atoms with E-state index >= 15 is 0 Å². The number of methoxy groups -OCH3 is 1. The molecule has 3 atom stereocenters. The van der Waals surface area contributed by atoms with E-state index in [1.54, 1.807) is 7.11 Å². The van der Waals surface area contributed by atoms with Crippen LogP contribution in [0.4, 0.5) is 0 Å². The largest absolute Gasteiger partial charge is 0.497 e. The van der Waals surface area contributed by atoms with Gasteiger partial charge >= 0.3 is 0 Å². The van der Waals surface area contributed by atoms with Gasteiger partial charge in [-0.25, -0.2) is 0 Å². The fourth-order valence-electron chi connectivity index (χ4n) is 7.75. The zero-order valence-corrected chi connectivity index (χ0v) is 22.9. The number of amides is 2. The highest BCUT2D eigenvalue weighted by Crippen LogP contribution is 2.66. The monoisotopic (exact) mass is 527 g/mol. The van der Waals surface area contributed by atoms with Gasteiger partial charge in [-0.3, -0.25) is 9.59 Å². The van der Waals surface area contributed by atoms with Gasteiger partial charge in [0.25, 0.3) is 0 Å². The normalized spacial score (nSPS) is 26.4. The Labute approximate surface area is 229 Å². The predicted molar refractivity (Wildman–Crippen MR) is 150 cm³/mol. The summed E-state index contributed by atoms with van der Waals surface area (Å²) in [4.78, 5) is 28.7. The number of carbonyl (C=O) groups is 2. The Kier molecular flexibility index (Phi) is 5.78. The molecular weight excluding hydrogens is 490 g/mol. The minimum Gasteiger partial charge on any atom is -0.497 e. The molecule has 3 aromatic rings. The summed E-state index contributed by atoms with van der Waals surface area (Å²) in [5.74, 6) is 1.19. The molecule has 0 spiro atoms. The highest BCUT2D eigenvalue weighted by atomic mass is 16.5. The van der Waals surface area contributed by atoms with Crippen molar-refractivity contribution in [1.82, 2.24) is 9.47 Å². The van der Waals surface area contributed by atoms with Crippen molar-refractivity contribution in [2.24, 2.45) is 11.1 Å². The van der Waals surface area contributed by atoms with Gasteiger partial charge in [0.15, 0.2) is 0 Å². The van der Waals surface area contributed by atoms with Gasteiger partial charge in [0.1, 0.15) is 5.75 Å². The molecule has 3 heterocycles. The quantitative estimate of drug-likeness (QED) is 0.505. The number of fused-ring (bicyclic) bond motifs is 7. The number of rotatable bonds is 4. The smallest absolute Gasteiger partial charge is 0.248 e. The summed E-state index contributed by atoms with van der Waals surface area (Å²) in [6, 6.07) is 12.3. The van der Waals surface area contributed by atoms with Gasteiger partial charge in [0, 0.05) is 41.0 Å². The molecule has 2 saturated carbocycles. The summed E-state index contributed by atoms with van der Waals surface area (Å²) in [6.07, 6.45) is 6.87. The molecule has 1 aromatic heterocycles. The predicted octanol–water partition coefficient (Wildman–Crippen LogP) is 5.20. The van der Waals surface area contributed by atoms with Gasteiger partial charge in [0.2, 0.25) is 11.8 Å². The van der Waals surface area contributed by atoms with Crippen LogP contribution < -0.4 is 10.5 Å². The summed E-state index contributed by atoms with van der Waals surface area (Å²) >= 11 is 0. The third kappa shape index (κ3) is 3.73. The first-order valence-corrected chi connectivity index (χ1v) is 14.5. The molecule has 0 bridgehead atoms. The number of nitrogens with zero attached hydrogens (tertiary/aromatic N) is 2. The van der Waals surface area contributed by atoms with Crippen molar-refractivity contribution < 1.29 is 19.1 Å². The Bertz CT molecular complexity index is 1490. The van der Waals surface area contributed by atoms with Gasteiger partial charge in [-0.15, -0.1) is 0 Å². The summed E-state index contributed by atoms with van der Waals surface area (Å²) in [5.41, 5.74) is 11.7. The second-order valence-electron chi connectivity index (χ2n) is 12.1. The van der Waals surface area contributed by atoms with Crippen LogP contribution in [-0.2, 0) is 16.1 Å². The van der Waals surface area contributed by atoms with E-state index in [0.717, 1.165) is 30.5 Å². The number of hydrogen-bond donors (Lipinski definition) is 1. The number of aromatic nitrogens is 1. The first-order valence-electron chi connectivity index (χ1n) is 14.5. The summed E-state index contributed by atoms with van der Waals surface area (Å²) in [7, 11) is 1.70. The maximum absolute atomic E-state index is 14.4. The van der Waals surface area contributed by atoms with Crippen molar-refractivity contribution in [2.75, 3.05) is 26.9 Å². The molecule has 2 aliphatic heterocycles. The molecular formula is C32H37N3O4. The molecule has 7 rings (SSSR count). The van der Waals surface area contributed by atoms with Crippen LogP contribution in [0.1, 0.15) is 78.8 Å². The molecule has 4 aliphatic rings. The van der Waals surface area contributed by atoms with Gasteiger partial charge < -0.3 is 24.7 Å². The first kappa shape index (κ1) is 24.7. The standard InChI is InChI=1S/C32H37N3O4/c1-19-17-39-13-12-34(19)31(37)32-16-26(32)25-15-22(38-2)9-11-23(25)29-28(20-6-4-3-5-7-20)24-10-8-21(30(33)36)14-27(24)35(29)18-32/h8-11,14-15,19-20,26H,3-7,12-13,16-18H2,1-2H3,(H2,33,36)/t19-,26?,32?/m1/s1. The maximum atomic E-state index is 14.4. The number of primary amides is 1. The van der Waals surface area contributed by atoms with Crippen molar-refractivity contribution in [3.05, 3.63) is 53.1 Å². The first-order chi connectivity index (χ1) is 18.9. The SMILES string of the molecule is COc1ccc2c(c1)C1CC1(C(=O)N1CCOC[C@H]1C)Cn1c-2c(C2CCCCC2)c2ccc(C(N)=O)cc21. The molecule has 0 radical (unpaired) electrons. The fraction of sp³-hybridized carbons (Fsp3) is 0.500. The van der Waals surface area contributed by atoms with Crippen LogP contribution in [0.5, 0.6) is 5.75 Å². The van der Waals surface area contributed by atoms with Crippen molar-refractivity contribution in [3.63, 3.8) is 0 Å². The molecule has 3 fully saturated rings. The van der Waals surface area contributed by atoms with Crippen LogP contribution in [0.2, 0.25) is 0 Å². The number of carbonyl (C=O) groups excluding carboxylic acids is 2. The van der Waals surface area contributed by atoms with Crippen molar-refractivity contribution >= 4 is 22.7 Å². The number of ether oxygens (including phenoxy) is 2. The Hall–Kier alpha value is -3.32. The zero-order valence-electron chi connectivity index (χ0n) is 22.9. The van der Waals surface area contributed by atoms with Crippen molar-refractivity contribution in [1.29, 1.82) is 0 Å². The lowest BCUT2D eigenvalue weighted by molar-refractivity contribution is -0.145. The molecule has 2 aliphatic carbocycles. The molecule has 7 nitrogen and oxygen atoms in total. The molecule has 204 valence electrons. The third-order valence-corrected chi connectivity index (χ3v) is 9.86. The number of benzene rings is 2. The van der Waals surface area contributed by atoms with Crippen LogP contribution in [0, 0.1) is 5.41 Å². The van der Waals surface area contributed by atoms with Gasteiger partial charge in [-0.2, -0.15) is 0 Å². The summed E-state index contributed by atoms with van der Waals surface area (Å²) in [5, 5.41) is 1.19. The Morgan fingerprint density at radius 2 is 1.92 bits per heavy atom. The molecule has 1 saturated heterocycles. The van der Waals surface area contributed by atoms with Crippen molar-refractivity contribution in [2.45, 2.75) is 69.9 Å². The number of nitrogens with two attached hydrogens (primary N) is 1. The van der Waals surface area contributed by atoms with Gasteiger partial charge in [0.05, 0.1) is 37.5 Å². The van der Waals surface area contributed by atoms with E-state index in [4.69, 9.17) is 15.2 Å². The highest BCUT2D eigenvalue weighted by Gasteiger charge is 2.64. The second kappa shape index (κ2) is 9.12. The van der Waals surface area contributed by atoms with Crippen LogP contribution >= 0.6 is 0 Å². The van der Waals surface area contributed by atoms with E-state index in [9.17, 15) is 9.59 Å². The average molecular weight is 528 g/mol. The summed E-state index contributed by atoms with van der Waals surface area (Å²) in [6.45, 7) is 4.45. The second-order valence-corrected chi connectivity index (χ2v) is 12.1. The van der Waals surface area contributed by atoms with E-state index in [1.807, 2.05) is 23.1 Å². The van der Waals surface area contributed by atoms with Crippen molar-refractivity contribution in [3.8, 4) is 17.0 Å². The minimum atomic E-state index is -0.531. The van der Waals surface area contributed by atoms with Crippen LogP contribution in [0.3, 0.4) is 0 Å². The van der Waals surface area contributed by atoms with E-state index < -0.39 is 11.3 Å². The Morgan fingerprint density at radius 3 is 2.67 bits per heavy atom. The van der Waals surface area contributed by atoms with Crippen LogP contribution in [-0.4, -0.2) is 54.2 Å². The number of morpholine rings is 1. The Balaban J connectivity index is 1.49. The minimum absolute atomic E-state index is 0.0510. The van der Waals surface area contributed by atoms with E-state index in [1.165, 1.54) is 47.0 Å². The maximum Gasteiger partial charge on any atom is 0.248 e. The molecule has 2 aromatic carbocycles. The topological polar surface area (TPSA) is 86.8 Å². The van der Waals surface area contributed by atoms with E-state index in [-0.39, 0.29) is 17.9 Å². The lowest BCUT2D eigenvalue weighted by atomic mass is 9.81. The molecule has 2 unspecified atom stereocenters. The molecule has 2 N–H and O–H groups in total. The molecule has 2 amide bonds. The van der Waals surface area contributed by atoms with Gasteiger partial charge in [-0.05, 0) is 73.6 Å². The number of hydrogen-bond acceptors (Lipinski definition) is 4. The zero-order chi connectivity index (χ0) is 26.9. The lowest BCUT2D eigenvalue weighted by Gasteiger charge is -2.36. The van der Waals surface area contributed by atoms with E-state index in [2.05, 4.69) is 29.7 Å². The highest BCUT2D eigenvalue weighted by molar-refractivity contribution is 6.01. The molecule has 39 heavy (non-hydrogen) atoms. The third-order valence-electron chi connectivity index (χ3n) is 9.86. The molecule has 7 heteroatoms. The van der Waals surface area contributed by atoms with Gasteiger partial charge in [-0.1, -0.05) is 25.3 Å². The van der Waals surface area contributed by atoms with Crippen LogP contribution in [0.15, 0.2) is 36.4 Å². The average Bonchev–Trinajstić information content (AvgIpc) is 3.63. The van der Waals surface area contributed by atoms with Crippen LogP contribution in [0.25, 0.3) is 22.2 Å². The Morgan fingerprint density at radius 1 is 1.10 bits per heavy atom.